The van der Waals surface area contributed by atoms with Crippen molar-refractivity contribution in [3.05, 3.63) is 29.8 Å². The van der Waals surface area contributed by atoms with Gasteiger partial charge >= 0.3 is 0 Å². The van der Waals surface area contributed by atoms with Gasteiger partial charge in [-0.05, 0) is 62.8 Å². The maximum Gasteiger partial charge on any atom is 0.227 e. The number of likely N-dealkylation sites (tertiary alicyclic amines) is 2. The van der Waals surface area contributed by atoms with Crippen LogP contribution in [0.4, 0.5) is 5.69 Å². The van der Waals surface area contributed by atoms with Crippen LogP contribution in [0.5, 0.6) is 0 Å². The highest BCUT2D eigenvalue weighted by atomic mass is 16.2. The third kappa shape index (κ3) is 5.19. The Labute approximate surface area is 178 Å². The summed E-state index contributed by atoms with van der Waals surface area (Å²) >= 11 is 0. The van der Waals surface area contributed by atoms with Crippen LogP contribution in [-0.2, 0) is 20.9 Å². The van der Waals surface area contributed by atoms with Gasteiger partial charge in [0.2, 0.25) is 17.7 Å². The molecule has 3 N–H and O–H groups in total. The number of rotatable bonds is 6. The summed E-state index contributed by atoms with van der Waals surface area (Å²) in [5, 5.41) is 3.03. The molecule has 1 saturated carbocycles. The Morgan fingerprint density at radius 3 is 2.23 bits per heavy atom. The summed E-state index contributed by atoms with van der Waals surface area (Å²) in [5.74, 6) is 0.276. The number of piperidine rings is 2. The highest BCUT2D eigenvalue weighted by Gasteiger charge is 2.36. The molecule has 2 heterocycles. The second kappa shape index (κ2) is 9.16. The van der Waals surface area contributed by atoms with Crippen LogP contribution in [0.15, 0.2) is 24.3 Å². The summed E-state index contributed by atoms with van der Waals surface area (Å²) in [4.78, 5) is 40.4. The van der Waals surface area contributed by atoms with Crippen LogP contribution in [0, 0.1) is 17.8 Å². The summed E-state index contributed by atoms with van der Waals surface area (Å²) < 4.78 is 0. The summed E-state index contributed by atoms with van der Waals surface area (Å²) in [6, 6.07) is 7.93. The van der Waals surface area contributed by atoms with Crippen molar-refractivity contribution >= 4 is 23.4 Å². The predicted octanol–water partition coefficient (Wildman–Crippen LogP) is 1.97. The van der Waals surface area contributed by atoms with Crippen molar-refractivity contribution in [2.24, 2.45) is 23.5 Å². The number of carbonyl (C=O) groups excluding carboxylic acids is 3. The molecule has 1 aliphatic carbocycles. The SMILES string of the molecule is NC(=O)C1CCCN(Cc2ccc(NC(=O)C3CCN(C(=O)C4CC4)CC3)cc2)C1. The first-order valence-corrected chi connectivity index (χ1v) is 11.2. The highest BCUT2D eigenvalue weighted by molar-refractivity contribution is 5.92. The fourth-order valence-corrected chi connectivity index (χ4v) is 4.58. The minimum absolute atomic E-state index is 0.0352. The molecular weight excluding hydrogens is 380 g/mol. The molecule has 3 aliphatic rings. The van der Waals surface area contributed by atoms with Gasteiger partial charge in [0.1, 0.15) is 0 Å². The molecule has 3 fully saturated rings. The maximum absolute atomic E-state index is 12.6. The van der Waals surface area contributed by atoms with E-state index in [1.54, 1.807) is 0 Å². The van der Waals surface area contributed by atoms with E-state index in [0.29, 0.717) is 13.1 Å². The minimum Gasteiger partial charge on any atom is -0.369 e. The Morgan fingerprint density at radius 2 is 1.60 bits per heavy atom. The van der Waals surface area contributed by atoms with Crippen molar-refractivity contribution in [2.75, 3.05) is 31.5 Å². The molecule has 30 heavy (non-hydrogen) atoms. The van der Waals surface area contributed by atoms with Crippen LogP contribution in [0.1, 0.15) is 44.1 Å². The third-order valence-electron chi connectivity index (χ3n) is 6.64. The summed E-state index contributed by atoms with van der Waals surface area (Å²) in [6.45, 7) is 3.86. The molecule has 1 aromatic carbocycles. The standard InChI is InChI=1S/C23H32N4O3/c24-21(28)19-2-1-11-26(15-19)14-16-3-7-20(8-4-16)25-22(29)17-9-12-27(13-10-17)23(30)18-5-6-18/h3-4,7-8,17-19H,1-2,5-6,9-15H2,(H2,24,28)(H,25,29). The van der Waals surface area contributed by atoms with Crippen molar-refractivity contribution in [3.63, 3.8) is 0 Å². The normalized spacial score (nSPS) is 23.2. The van der Waals surface area contributed by atoms with Crippen molar-refractivity contribution in [3.8, 4) is 0 Å². The van der Waals surface area contributed by atoms with E-state index in [2.05, 4.69) is 10.2 Å². The Kier molecular flexibility index (Phi) is 6.37. The molecule has 4 rings (SSSR count). The van der Waals surface area contributed by atoms with Crippen molar-refractivity contribution in [1.82, 2.24) is 9.80 Å². The van der Waals surface area contributed by atoms with E-state index in [-0.39, 0.29) is 35.5 Å². The van der Waals surface area contributed by atoms with E-state index < -0.39 is 0 Å². The smallest absolute Gasteiger partial charge is 0.227 e. The van der Waals surface area contributed by atoms with E-state index in [1.807, 2.05) is 29.2 Å². The lowest BCUT2D eigenvalue weighted by molar-refractivity contribution is -0.135. The predicted molar refractivity (Wildman–Crippen MR) is 114 cm³/mol. The molecule has 0 aromatic heterocycles. The van der Waals surface area contributed by atoms with Crippen LogP contribution in [0.3, 0.4) is 0 Å². The van der Waals surface area contributed by atoms with Gasteiger partial charge in [0.05, 0.1) is 5.92 Å². The van der Waals surface area contributed by atoms with Crippen LogP contribution in [0.2, 0.25) is 0 Å². The van der Waals surface area contributed by atoms with Crippen LogP contribution in [0.25, 0.3) is 0 Å². The van der Waals surface area contributed by atoms with Gasteiger partial charge in [0, 0.05) is 43.7 Å². The van der Waals surface area contributed by atoms with E-state index in [4.69, 9.17) is 5.73 Å². The van der Waals surface area contributed by atoms with Crippen LogP contribution in [-0.4, -0.2) is 53.7 Å². The lowest BCUT2D eigenvalue weighted by atomic mass is 9.95. The van der Waals surface area contributed by atoms with Gasteiger partial charge in [-0.1, -0.05) is 12.1 Å². The number of hydrogen-bond acceptors (Lipinski definition) is 4. The molecule has 0 radical (unpaired) electrons. The number of nitrogens with zero attached hydrogens (tertiary/aromatic N) is 2. The number of carbonyl (C=O) groups is 3. The van der Waals surface area contributed by atoms with E-state index in [0.717, 1.165) is 69.4 Å². The molecule has 1 aromatic rings. The Bertz CT molecular complexity index is 782. The molecule has 0 bridgehead atoms. The van der Waals surface area contributed by atoms with E-state index >= 15 is 0 Å². The molecular formula is C23H32N4O3. The molecule has 162 valence electrons. The largest absolute Gasteiger partial charge is 0.369 e. The zero-order valence-corrected chi connectivity index (χ0v) is 17.5. The first-order valence-electron chi connectivity index (χ1n) is 11.2. The fraction of sp³-hybridized carbons (Fsp3) is 0.609. The number of anilines is 1. The zero-order valence-electron chi connectivity index (χ0n) is 17.5. The highest BCUT2D eigenvalue weighted by Crippen LogP contribution is 2.32. The monoisotopic (exact) mass is 412 g/mol. The van der Waals surface area contributed by atoms with Crippen molar-refractivity contribution < 1.29 is 14.4 Å². The first kappa shape index (κ1) is 20.8. The quantitative estimate of drug-likeness (QED) is 0.747. The number of nitrogens with two attached hydrogens (primary N) is 1. The second-order valence-electron chi connectivity index (χ2n) is 9.04. The molecule has 3 amide bonds. The number of benzene rings is 1. The van der Waals surface area contributed by atoms with Crippen molar-refractivity contribution in [2.45, 2.75) is 45.1 Å². The van der Waals surface area contributed by atoms with Gasteiger partial charge < -0.3 is 16.0 Å². The number of primary amides is 1. The third-order valence-corrected chi connectivity index (χ3v) is 6.64. The summed E-state index contributed by atoms with van der Waals surface area (Å²) in [5.41, 5.74) is 7.42. The molecule has 7 heteroatoms. The Hall–Kier alpha value is -2.41. The molecule has 1 unspecified atom stereocenters. The van der Waals surface area contributed by atoms with E-state index in [1.165, 1.54) is 0 Å². The molecule has 2 aliphatic heterocycles. The van der Waals surface area contributed by atoms with Crippen molar-refractivity contribution in [1.29, 1.82) is 0 Å². The van der Waals surface area contributed by atoms with E-state index in [9.17, 15) is 14.4 Å². The summed E-state index contributed by atoms with van der Waals surface area (Å²) in [6.07, 6.45) is 5.39. The number of nitrogens with one attached hydrogen (secondary N) is 1. The van der Waals surface area contributed by atoms with Crippen LogP contribution >= 0.6 is 0 Å². The summed E-state index contributed by atoms with van der Waals surface area (Å²) in [7, 11) is 0. The van der Waals surface area contributed by atoms with Gasteiger partial charge in [-0.3, -0.25) is 19.3 Å². The average Bonchev–Trinajstić information content (AvgIpc) is 3.60. The Balaban J connectivity index is 1.24. The van der Waals surface area contributed by atoms with Gasteiger partial charge in [-0.15, -0.1) is 0 Å². The minimum atomic E-state index is -0.208. The molecule has 2 saturated heterocycles. The first-order chi connectivity index (χ1) is 14.5. The molecule has 7 nitrogen and oxygen atoms in total. The lowest BCUT2D eigenvalue weighted by Crippen LogP contribution is -2.42. The Morgan fingerprint density at radius 1 is 0.900 bits per heavy atom. The van der Waals surface area contributed by atoms with Crippen LogP contribution < -0.4 is 11.1 Å². The molecule has 0 spiro atoms. The topological polar surface area (TPSA) is 95.7 Å². The lowest BCUT2D eigenvalue weighted by Gasteiger charge is -2.31. The maximum atomic E-state index is 12.6. The zero-order chi connectivity index (χ0) is 21.1. The van der Waals surface area contributed by atoms with Gasteiger partial charge in [-0.2, -0.15) is 0 Å². The van der Waals surface area contributed by atoms with Gasteiger partial charge in [0.25, 0.3) is 0 Å². The number of hydrogen-bond donors (Lipinski definition) is 2. The molecule has 1 atom stereocenters. The fourth-order valence-electron chi connectivity index (χ4n) is 4.58. The number of amides is 3. The van der Waals surface area contributed by atoms with Gasteiger partial charge in [0.15, 0.2) is 0 Å². The second-order valence-corrected chi connectivity index (χ2v) is 9.04. The van der Waals surface area contributed by atoms with Gasteiger partial charge in [-0.25, -0.2) is 0 Å². The average molecular weight is 413 g/mol.